The molecular weight excluding hydrogens is 108 g/mol. The van der Waals surface area contributed by atoms with Gasteiger partial charge in [-0.2, -0.15) is 0 Å². The van der Waals surface area contributed by atoms with Gasteiger partial charge in [0.15, 0.2) is 0 Å². The Balaban J connectivity index is 2.59. The molecular formula is C9H14. The lowest BCUT2D eigenvalue weighted by atomic mass is 9.90. The SMILES string of the molecule is CC1=C=CCC1C(C)C. The average molecular weight is 122 g/mol. The van der Waals surface area contributed by atoms with Crippen LogP contribution in [0.2, 0.25) is 0 Å². The smallest absolute Gasteiger partial charge is 0.00663 e. The molecule has 1 rings (SSSR count). The van der Waals surface area contributed by atoms with Crippen molar-refractivity contribution in [2.45, 2.75) is 27.2 Å². The van der Waals surface area contributed by atoms with Gasteiger partial charge in [-0.1, -0.05) is 13.8 Å². The molecule has 1 atom stereocenters. The fraction of sp³-hybridized carbons (Fsp3) is 0.667. The molecule has 0 nitrogen and oxygen atoms in total. The minimum absolute atomic E-state index is 0.782. The predicted octanol–water partition coefficient (Wildman–Crippen LogP) is 2.76. The van der Waals surface area contributed by atoms with E-state index in [-0.39, 0.29) is 0 Å². The van der Waals surface area contributed by atoms with E-state index >= 15 is 0 Å². The molecule has 0 spiro atoms. The summed E-state index contributed by atoms with van der Waals surface area (Å²) in [6.45, 7) is 6.72. The van der Waals surface area contributed by atoms with Gasteiger partial charge in [-0.3, -0.25) is 0 Å². The second-order valence-corrected chi connectivity index (χ2v) is 3.12. The molecule has 0 radical (unpaired) electrons. The first-order valence-corrected chi connectivity index (χ1v) is 3.63. The maximum atomic E-state index is 3.24. The third-order valence-corrected chi connectivity index (χ3v) is 2.06. The summed E-state index contributed by atoms with van der Waals surface area (Å²) in [5, 5.41) is 0. The van der Waals surface area contributed by atoms with Crippen LogP contribution in [0.25, 0.3) is 0 Å². The summed E-state index contributed by atoms with van der Waals surface area (Å²) in [7, 11) is 0. The van der Waals surface area contributed by atoms with E-state index in [4.69, 9.17) is 0 Å². The minimum Gasteiger partial charge on any atom is -0.126 e. The molecule has 0 aromatic rings. The summed E-state index contributed by atoms with van der Waals surface area (Å²) in [6.07, 6.45) is 3.36. The van der Waals surface area contributed by atoms with Crippen LogP contribution in [-0.2, 0) is 0 Å². The highest BCUT2D eigenvalue weighted by molar-refractivity contribution is 5.12. The summed E-state index contributed by atoms with van der Waals surface area (Å²) < 4.78 is 0. The molecule has 9 heavy (non-hydrogen) atoms. The van der Waals surface area contributed by atoms with Crippen molar-refractivity contribution in [2.75, 3.05) is 0 Å². The zero-order chi connectivity index (χ0) is 6.85. The van der Waals surface area contributed by atoms with Gasteiger partial charge in [0.1, 0.15) is 0 Å². The summed E-state index contributed by atoms with van der Waals surface area (Å²) in [6, 6.07) is 0. The van der Waals surface area contributed by atoms with Crippen LogP contribution in [0.3, 0.4) is 0 Å². The average Bonchev–Trinajstić information content (AvgIpc) is 2.13. The summed E-state index contributed by atoms with van der Waals surface area (Å²) in [5.74, 6) is 1.57. The maximum absolute atomic E-state index is 3.24. The molecule has 0 aromatic carbocycles. The highest BCUT2D eigenvalue weighted by Gasteiger charge is 2.15. The van der Waals surface area contributed by atoms with Gasteiger partial charge in [-0.05, 0) is 36.8 Å². The molecule has 0 bridgehead atoms. The fourth-order valence-corrected chi connectivity index (χ4v) is 1.40. The number of hydrogen-bond acceptors (Lipinski definition) is 0. The van der Waals surface area contributed by atoms with Gasteiger partial charge in [-0.25, -0.2) is 0 Å². The molecule has 1 aliphatic carbocycles. The third kappa shape index (κ3) is 1.25. The van der Waals surface area contributed by atoms with Crippen molar-refractivity contribution in [1.29, 1.82) is 0 Å². The Morgan fingerprint density at radius 2 is 2.33 bits per heavy atom. The first kappa shape index (κ1) is 6.64. The van der Waals surface area contributed by atoms with E-state index < -0.39 is 0 Å². The molecule has 0 N–H and O–H groups in total. The molecule has 0 aromatic heterocycles. The monoisotopic (exact) mass is 122 g/mol. The van der Waals surface area contributed by atoms with Crippen LogP contribution >= 0.6 is 0 Å². The highest BCUT2D eigenvalue weighted by atomic mass is 14.2. The molecule has 0 heteroatoms. The topological polar surface area (TPSA) is 0 Å². The van der Waals surface area contributed by atoms with Crippen molar-refractivity contribution in [3.63, 3.8) is 0 Å². The third-order valence-electron chi connectivity index (χ3n) is 2.06. The van der Waals surface area contributed by atoms with Gasteiger partial charge in [-0.15, -0.1) is 5.73 Å². The molecule has 1 unspecified atom stereocenters. The fourth-order valence-electron chi connectivity index (χ4n) is 1.40. The van der Waals surface area contributed by atoms with Gasteiger partial charge in [0.2, 0.25) is 0 Å². The second-order valence-electron chi connectivity index (χ2n) is 3.12. The number of hydrogen-bond donors (Lipinski definition) is 0. The molecule has 0 heterocycles. The van der Waals surface area contributed by atoms with Crippen LogP contribution in [0.4, 0.5) is 0 Å². The number of rotatable bonds is 1. The van der Waals surface area contributed by atoms with E-state index in [0.29, 0.717) is 0 Å². The summed E-state index contributed by atoms with van der Waals surface area (Å²) in [5.41, 5.74) is 4.68. The highest BCUT2D eigenvalue weighted by Crippen LogP contribution is 2.26. The van der Waals surface area contributed by atoms with Crippen LogP contribution in [0.1, 0.15) is 27.2 Å². The van der Waals surface area contributed by atoms with E-state index in [1.54, 1.807) is 0 Å². The lowest BCUT2D eigenvalue weighted by Crippen LogP contribution is -2.05. The Hall–Kier alpha value is -0.480. The van der Waals surface area contributed by atoms with Crippen LogP contribution in [0.5, 0.6) is 0 Å². The van der Waals surface area contributed by atoms with E-state index in [2.05, 4.69) is 32.6 Å². The van der Waals surface area contributed by atoms with E-state index in [0.717, 1.165) is 11.8 Å². The van der Waals surface area contributed by atoms with E-state index in [1.165, 1.54) is 12.0 Å². The lowest BCUT2D eigenvalue weighted by molar-refractivity contribution is 0.457. The van der Waals surface area contributed by atoms with Crippen molar-refractivity contribution < 1.29 is 0 Å². The maximum Gasteiger partial charge on any atom is -0.00663 e. The molecule has 0 amide bonds. The Kier molecular flexibility index (Phi) is 1.78. The molecule has 0 saturated heterocycles. The Morgan fingerprint density at radius 3 is 2.56 bits per heavy atom. The molecule has 0 fully saturated rings. The van der Waals surface area contributed by atoms with Crippen LogP contribution in [-0.4, -0.2) is 0 Å². The van der Waals surface area contributed by atoms with Gasteiger partial charge in [0.05, 0.1) is 0 Å². The number of allylic oxidation sites excluding steroid dienone is 1. The normalized spacial score (nSPS) is 25.3. The zero-order valence-corrected chi connectivity index (χ0v) is 6.44. The van der Waals surface area contributed by atoms with Crippen molar-refractivity contribution in [3.8, 4) is 0 Å². The van der Waals surface area contributed by atoms with E-state index in [1.807, 2.05) is 0 Å². The molecule has 1 aliphatic rings. The zero-order valence-electron chi connectivity index (χ0n) is 6.44. The lowest BCUT2D eigenvalue weighted by Gasteiger charge is -2.14. The van der Waals surface area contributed by atoms with Crippen molar-refractivity contribution in [3.05, 3.63) is 17.4 Å². The van der Waals surface area contributed by atoms with Crippen molar-refractivity contribution >= 4 is 0 Å². The predicted molar refractivity (Wildman–Crippen MR) is 40.2 cm³/mol. The van der Waals surface area contributed by atoms with Crippen molar-refractivity contribution in [2.24, 2.45) is 11.8 Å². The Morgan fingerprint density at radius 1 is 1.67 bits per heavy atom. The molecule has 50 valence electrons. The first-order chi connectivity index (χ1) is 4.22. The van der Waals surface area contributed by atoms with Crippen molar-refractivity contribution in [1.82, 2.24) is 0 Å². The summed E-state index contributed by atoms with van der Waals surface area (Å²) >= 11 is 0. The molecule has 0 aliphatic heterocycles. The quantitative estimate of drug-likeness (QED) is 0.469. The van der Waals surface area contributed by atoms with Gasteiger partial charge in [0, 0.05) is 0 Å². The van der Waals surface area contributed by atoms with Crippen LogP contribution in [0, 0.1) is 11.8 Å². The van der Waals surface area contributed by atoms with Gasteiger partial charge >= 0.3 is 0 Å². The van der Waals surface area contributed by atoms with E-state index in [9.17, 15) is 0 Å². The van der Waals surface area contributed by atoms with Crippen LogP contribution in [0.15, 0.2) is 17.4 Å². The Bertz CT molecular complexity index is 157. The summed E-state index contributed by atoms with van der Waals surface area (Å²) in [4.78, 5) is 0. The molecule has 0 saturated carbocycles. The largest absolute Gasteiger partial charge is 0.126 e. The Labute approximate surface area is 57.3 Å². The second kappa shape index (κ2) is 2.41. The van der Waals surface area contributed by atoms with Crippen LogP contribution < -0.4 is 0 Å². The minimum atomic E-state index is 0.782. The first-order valence-electron chi connectivity index (χ1n) is 3.63. The van der Waals surface area contributed by atoms with Gasteiger partial charge < -0.3 is 0 Å². The standard InChI is InChI=1S/C9H14/c1-7(2)9-6-4-5-8(9)3/h4,7,9H,6H2,1-3H3. The van der Waals surface area contributed by atoms with Gasteiger partial charge in [0.25, 0.3) is 0 Å².